The molecule has 2 aromatic heterocycles. The van der Waals surface area contributed by atoms with E-state index < -0.39 is 0 Å². The van der Waals surface area contributed by atoms with Gasteiger partial charge in [-0.05, 0) is 60.4 Å². The molecule has 4 rings (SSSR count). The molecule has 1 amide bonds. The van der Waals surface area contributed by atoms with Crippen LogP contribution < -0.4 is 5.32 Å². The summed E-state index contributed by atoms with van der Waals surface area (Å²) in [5.41, 5.74) is 6.83. The standard InChI is InChI=1S/C23H19N3OS.ClH/c1-15-3-4-18(23-25-11-12-28-23)13-21(15)17-5-7-19(8-6-17)26-22(27)20-9-10-24-14-16(20)2;/h3-14H,1-2H3,(H,26,27);1H. The Morgan fingerprint density at radius 3 is 2.38 bits per heavy atom. The largest absolute Gasteiger partial charge is 0.322 e. The molecule has 146 valence electrons. The third-order valence-electron chi connectivity index (χ3n) is 4.64. The molecule has 0 fully saturated rings. The number of aromatic nitrogens is 2. The molecule has 0 aliphatic carbocycles. The van der Waals surface area contributed by atoms with Crippen LogP contribution in [0.5, 0.6) is 0 Å². The lowest BCUT2D eigenvalue weighted by Crippen LogP contribution is -2.13. The van der Waals surface area contributed by atoms with Crippen LogP contribution in [-0.2, 0) is 0 Å². The van der Waals surface area contributed by atoms with Gasteiger partial charge in [0.05, 0.1) is 0 Å². The zero-order valence-corrected chi connectivity index (χ0v) is 17.7. The summed E-state index contributed by atoms with van der Waals surface area (Å²) in [6.45, 7) is 3.98. The first-order chi connectivity index (χ1) is 13.6. The Bertz CT molecular complexity index is 1130. The number of nitrogens with one attached hydrogen (secondary N) is 1. The number of carbonyl (C=O) groups is 1. The number of nitrogens with zero attached hydrogens (tertiary/aromatic N) is 2. The lowest BCUT2D eigenvalue weighted by molar-refractivity contribution is 0.102. The summed E-state index contributed by atoms with van der Waals surface area (Å²) in [7, 11) is 0. The first-order valence-electron chi connectivity index (χ1n) is 8.95. The zero-order valence-electron chi connectivity index (χ0n) is 16.0. The molecular weight excluding hydrogens is 402 g/mol. The monoisotopic (exact) mass is 421 g/mol. The molecule has 4 aromatic rings. The number of hydrogen-bond acceptors (Lipinski definition) is 4. The van der Waals surface area contributed by atoms with E-state index in [2.05, 4.69) is 40.4 Å². The topological polar surface area (TPSA) is 54.9 Å². The minimum Gasteiger partial charge on any atom is -0.322 e. The van der Waals surface area contributed by atoms with Gasteiger partial charge in [-0.2, -0.15) is 0 Å². The molecule has 0 bridgehead atoms. The molecular formula is C23H20ClN3OS. The number of thiazole rings is 1. The van der Waals surface area contributed by atoms with E-state index in [1.54, 1.807) is 29.8 Å². The van der Waals surface area contributed by atoms with Gasteiger partial charge in [0.15, 0.2) is 0 Å². The normalized spacial score (nSPS) is 10.3. The quantitative estimate of drug-likeness (QED) is 0.429. The summed E-state index contributed by atoms with van der Waals surface area (Å²) in [4.78, 5) is 20.9. The van der Waals surface area contributed by atoms with Crippen LogP contribution in [0.25, 0.3) is 21.7 Å². The van der Waals surface area contributed by atoms with E-state index in [4.69, 9.17) is 0 Å². The minimum absolute atomic E-state index is 0. The van der Waals surface area contributed by atoms with Gasteiger partial charge in [0, 0.05) is 40.8 Å². The highest BCUT2D eigenvalue weighted by atomic mass is 35.5. The number of halogens is 1. The number of carbonyl (C=O) groups excluding carboxylic acids is 1. The fourth-order valence-corrected chi connectivity index (χ4v) is 3.73. The van der Waals surface area contributed by atoms with Crippen LogP contribution in [0.1, 0.15) is 21.5 Å². The molecule has 1 N–H and O–H groups in total. The number of hydrogen-bond donors (Lipinski definition) is 1. The summed E-state index contributed by atoms with van der Waals surface area (Å²) in [5, 5.41) is 5.95. The summed E-state index contributed by atoms with van der Waals surface area (Å²) in [5.74, 6) is -0.130. The van der Waals surface area contributed by atoms with Crippen molar-refractivity contribution in [3.63, 3.8) is 0 Å². The highest BCUT2D eigenvalue weighted by Gasteiger charge is 2.10. The van der Waals surface area contributed by atoms with Gasteiger partial charge in [-0.25, -0.2) is 4.98 Å². The van der Waals surface area contributed by atoms with Crippen LogP contribution in [-0.4, -0.2) is 15.9 Å². The van der Waals surface area contributed by atoms with E-state index in [-0.39, 0.29) is 18.3 Å². The predicted molar refractivity (Wildman–Crippen MR) is 122 cm³/mol. The zero-order chi connectivity index (χ0) is 19.5. The Labute approximate surface area is 180 Å². The summed E-state index contributed by atoms with van der Waals surface area (Å²) >= 11 is 1.63. The van der Waals surface area contributed by atoms with Gasteiger partial charge in [0.2, 0.25) is 0 Å². The SMILES string of the molecule is Cc1cnccc1C(=O)Nc1ccc(-c2cc(-c3nccs3)ccc2C)cc1.Cl. The van der Waals surface area contributed by atoms with Crippen molar-refractivity contribution in [2.45, 2.75) is 13.8 Å². The third-order valence-corrected chi connectivity index (χ3v) is 5.46. The van der Waals surface area contributed by atoms with Crippen molar-refractivity contribution in [1.82, 2.24) is 9.97 Å². The lowest BCUT2D eigenvalue weighted by Gasteiger charge is -2.11. The molecule has 2 heterocycles. The van der Waals surface area contributed by atoms with Gasteiger partial charge in [-0.15, -0.1) is 23.7 Å². The van der Waals surface area contributed by atoms with Gasteiger partial charge in [0.1, 0.15) is 5.01 Å². The number of pyridine rings is 1. The maximum absolute atomic E-state index is 12.5. The molecule has 0 atom stereocenters. The van der Waals surface area contributed by atoms with Crippen molar-refractivity contribution in [1.29, 1.82) is 0 Å². The minimum atomic E-state index is -0.130. The van der Waals surface area contributed by atoms with E-state index in [0.717, 1.165) is 32.9 Å². The molecule has 4 nitrogen and oxygen atoms in total. The number of anilines is 1. The van der Waals surface area contributed by atoms with E-state index in [1.807, 2.05) is 42.8 Å². The van der Waals surface area contributed by atoms with E-state index in [1.165, 1.54) is 5.56 Å². The molecule has 0 saturated heterocycles. The van der Waals surface area contributed by atoms with Gasteiger partial charge < -0.3 is 5.32 Å². The number of aryl methyl sites for hydroxylation is 2. The number of rotatable bonds is 4. The summed E-state index contributed by atoms with van der Waals surface area (Å²) < 4.78 is 0. The fraction of sp³-hybridized carbons (Fsp3) is 0.0870. The number of amides is 1. The van der Waals surface area contributed by atoms with Gasteiger partial charge in [0.25, 0.3) is 5.91 Å². The van der Waals surface area contributed by atoms with Gasteiger partial charge in [-0.1, -0.05) is 24.3 Å². The summed E-state index contributed by atoms with van der Waals surface area (Å²) in [6, 6.07) is 16.0. The Morgan fingerprint density at radius 2 is 1.69 bits per heavy atom. The molecule has 6 heteroatoms. The van der Waals surface area contributed by atoms with Crippen molar-refractivity contribution in [3.8, 4) is 21.7 Å². The predicted octanol–water partition coefficient (Wildman–Crippen LogP) is 6.16. The highest BCUT2D eigenvalue weighted by molar-refractivity contribution is 7.13. The Morgan fingerprint density at radius 1 is 0.931 bits per heavy atom. The van der Waals surface area contributed by atoms with Crippen LogP contribution in [0, 0.1) is 13.8 Å². The fourth-order valence-electron chi connectivity index (χ4n) is 3.09. The average molecular weight is 422 g/mol. The second-order valence-corrected chi connectivity index (χ2v) is 7.48. The Hall–Kier alpha value is -3.02. The van der Waals surface area contributed by atoms with Crippen molar-refractivity contribution in [3.05, 3.63) is 89.2 Å². The molecule has 29 heavy (non-hydrogen) atoms. The smallest absolute Gasteiger partial charge is 0.256 e. The molecule has 0 saturated carbocycles. The Balaban J connectivity index is 0.00000240. The highest BCUT2D eigenvalue weighted by Crippen LogP contribution is 2.31. The van der Waals surface area contributed by atoms with Crippen LogP contribution >= 0.6 is 23.7 Å². The second kappa shape index (κ2) is 8.99. The van der Waals surface area contributed by atoms with Crippen molar-refractivity contribution < 1.29 is 4.79 Å². The molecule has 0 aliphatic heterocycles. The van der Waals surface area contributed by atoms with Crippen molar-refractivity contribution in [2.24, 2.45) is 0 Å². The maximum Gasteiger partial charge on any atom is 0.256 e. The van der Waals surface area contributed by atoms with Crippen LogP contribution in [0.4, 0.5) is 5.69 Å². The van der Waals surface area contributed by atoms with Gasteiger partial charge in [-0.3, -0.25) is 9.78 Å². The molecule has 0 aliphatic rings. The van der Waals surface area contributed by atoms with Gasteiger partial charge >= 0.3 is 0 Å². The second-order valence-electron chi connectivity index (χ2n) is 6.59. The first kappa shape index (κ1) is 20.7. The third kappa shape index (κ3) is 4.53. The van der Waals surface area contributed by atoms with Crippen LogP contribution in [0.2, 0.25) is 0 Å². The molecule has 2 aromatic carbocycles. The average Bonchev–Trinajstić information content (AvgIpc) is 3.24. The first-order valence-corrected chi connectivity index (χ1v) is 9.83. The van der Waals surface area contributed by atoms with E-state index in [9.17, 15) is 4.79 Å². The van der Waals surface area contributed by atoms with Crippen molar-refractivity contribution >= 4 is 35.3 Å². The van der Waals surface area contributed by atoms with E-state index >= 15 is 0 Å². The Kier molecular flexibility index (Phi) is 6.42. The maximum atomic E-state index is 12.5. The molecule has 0 radical (unpaired) electrons. The van der Waals surface area contributed by atoms with E-state index in [0.29, 0.717) is 5.56 Å². The molecule has 0 unspecified atom stereocenters. The summed E-state index contributed by atoms with van der Waals surface area (Å²) in [6.07, 6.45) is 5.14. The number of benzene rings is 2. The van der Waals surface area contributed by atoms with Crippen LogP contribution in [0.3, 0.4) is 0 Å². The van der Waals surface area contributed by atoms with Crippen molar-refractivity contribution in [2.75, 3.05) is 5.32 Å². The molecule has 0 spiro atoms. The lowest BCUT2D eigenvalue weighted by atomic mass is 9.98. The van der Waals surface area contributed by atoms with Crippen LogP contribution in [0.15, 0.2) is 72.5 Å².